The summed E-state index contributed by atoms with van der Waals surface area (Å²) in [5.74, 6) is 0.357. The molecule has 2 aliphatic rings. The van der Waals surface area contributed by atoms with Crippen molar-refractivity contribution in [1.29, 1.82) is 0 Å². The number of fused-ring (bicyclic) bond motifs is 1. The zero-order valence-corrected chi connectivity index (χ0v) is 15.1. The topological polar surface area (TPSA) is 42.4 Å². The van der Waals surface area contributed by atoms with E-state index in [1.807, 2.05) is 23.1 Å². The van der Waals surface area contributed by atoms with E-state index in [9.17, 15) is 4.79 Å². The molecule has 1 aliphatic heterocycles. The van der Waals surface area contributed by atoms with Crippen molar-refractivity contribution < 1.29 is 9.53 Å². The second-order valence-corrected chi connectivity index (χ2v) is 8.12. The van der Waals surface area contributed by atoms with Crippen molar-refractivity contribution in [3.05, 3.63) is 23.2 Å². The van der Waals surface area contributed by atoms with Crippen LogP contribution in [0.3, 0.4) is 0 Å². The first kappa shape index (κ1) is 16.3. The van der Waals surface area contributed by atoms with Gasteiger partial charge in [-0.1, -0.05) is 35.8 Å². The highest BCUT2D eigenvalue weighted by Gasteiger charge is 2.32. The van der Waals surface area contributed by atoms with Crippen LogP contribution in [0.1, 0.15) is 38.5 Å². The molecule has 0 radical (unpaired) electrons. The molecular weight excluding hydrogens is 344 g/mol. The fourth-order valence-electron chi connectivity index (χ4n) is 3.65. The Hall–Kier alpha value is -1.17. The van der Waals surface area contributed by atoms with Gasteiger partial charge in [-0.05, 0) is 43.9 Å². The van der Waals surface area contributed by atoms with Crippen molar-refractivity contribution in [2.24, 2.45) is 5.92 Å². The largest absolute Gasteiger partial charge is 0.376 e. The highest BCUT2D eigenvalue weighted by atomic mass is 35.5. The number of benzene rings is 1. The van der Waals surface area contributed by atoms with Gasteiger partial charge >= 0.3 is 0 Å². The van der Waals surface area contributed by atoms with Crippen LogP contribution in [0.4, 0.5) is 5.13 Å². The zero-order valence-electron chi connectivity index (χ0n) is 13.5. The lowest BCUT2D eigenvalue weighted by molar-refractivity contribution is -0.122. The van der Waals surface area contributed by atoms with Crippen molar-refractivity contribution in [1.82, 2.24) is 4.98 Å². The van der Waals surface area contributed by atoms with E-state index in [1.54, 1.807) is 11.3 Å². The van der Waals surface area contributed by atoms with Crippen molar-refractivity contribution in [2.75, 3.05) is 18.1 Å². The molecule has 1 saturated carbocycles. The Kier molecular flexibility index (Phi) is 4.74. The number of aromatic nitrogens is 1. The Balaban J connectivity index is 1.65. The average molecular weight is 365 g/mol. The number of carbonyl (C=O) groups excluding carboxylic acids is 1. The molecule has 1 amide bonds. The van der Waals surface area contributed by atoms with Crippen molar-refractivity contribution >= 4 is 44.2 Å². The van der Waals surface area contributed by atoms with Gasteiger partial charge in [0.15, 0.2) is 5.13 Å². The summed E-state index contributed by atoms with van der Waals surface area (Å²) in [7, 11) is 0. The van der Waals surface area contributed by atoms with E-state index in [-0.39, 0.29) is 17.9 Å². The Morgan fingerprint density at radius 1 is 1.29 bits per heavy atom. The molecule has 1 saturated heterocycles. The summed E-state index contributed by atoms with van der Waals surface area (Å²) in [5, 5.41) is 1.48. The Labute approximate surface area is 150 Å². The smallest absolute Gasteiger partial charge is 0.231 e. The number of anilines is 1. The van der Waals surface area contributed by atoms with Crippen LogP contribution in [0.2, 0.25) is 5.02 Å². The van der Waals surface area contributed by atoms with E-state index in [1.165, 1.54) is 0 Å². The van der Waals surface area contributed by atoms with Crippen molar-refractivity contribution in [3.63, 3.8) is 0 Å². The monoisotopic (exact) mass is 364 g/mol. The van der Waals surface area contributed by atoms with Crippen LogP contribution in [-0.4, -0.2) is 30.1 Å². The maximum atomic E-state index is 13.1. The number of hydrogen-bond acceptors (Lipinski definition) is 4. The van der Waals surface area contributed by atoms with Gasteiger partial charge in [0.1, 0.15) is 0 Å². The number of carbonyl (C=O) groups is 1. The Bertz CT molecular complexity index is 736. The number of nitrogens with zero attached hydrogens (tertiary/aromatic N) is 2. The minimum absolute atomic E-state index is 0.131. The lowest BCUT2D eigenvalue weighted by Crippen LogP contribution is -2.40. The Morgan fingerprint density at radius 3 is 2.88 bits per heavy atom. The number of hydrogen-bond donors (Lipinski definition) is 0. The van der Waals surface area contributed by atoms with E-state index in [4.69, 9.17) is 21.3 Å². The molecule has 1 aliphatic carbocycles. The van der Waals surface area contributed by atoms with Gasteiger partial charge in [-0.3, -0.25) is 9.69 Å². The van der Waals surface area contributed by atoms with Crippen LogP contribution < -0.4 is 4.90 Å². The van der Waals surface area contributed by atoms with Crippen molar-refractivity contribution in [3.8, 4) is 0 Å². The fourth-order valence-corrected chi connectivity index (χ4v) is 4.91. The molecule has 2 heterocycles. The first-order valence-electron chi connectivity index (χ1n) is 8.70. The van der Waals surface area contributed by atoms with Crippen LogP contribution in [0.25, 0.3) is 10.2 Å². The van der Waals surface area contributed by atoms with Crippen LogP contribution in [0.5, 0.6) is 0 Å². The maximum absolute atomic E-state index is 13.1. The molecule has 1 aromatic heterocycles. The molecule has 0 bridgehead atoms. The maximum Gasteiger partial charge on any atom is 0.231 e. The summed E-state index contributed by atoms with van der Waals surface area (Å²) in [4.78, 5) is 19.7. The van der Waals surface area contributed by atoms with Crippen molar-refractivity contribution in [2.45, 2.75) is 44.6 Å². The van der Waals surface area contributed by atoms with Gasteiger partial charge < -0.3 is 4.74 Å². The van der Waals surface area contributed by atoms with Crippen LogP contribution >= 0.6 is 22.9 Å². The van der Waals surface area contributed by atoms with Gasteiger partial charge in [-0.2, -0.15) is 0 Å². The van der Waals surface area contributed by atoms with E-state index in [2.05, 4.69) is 0 Å². The van der Waals surface area contributed by atoms with Gasteiger partial charge in [-0.25, -0.2) is 4.98 Å². The van der Waals surface area contributed by atoms with Crippen LogP contribution in [0.15, 0.2) is 18.2 Å². The predicted octanol–water partition coefficient (Wildman–Crippen LogP) is 4.65. The third-order valence-electron chi connectivity index (χ3n) is 4.95. The summed E-state index contributed by atoms with van der Waals surface area (Å²) in [6.45, 7) is 1.41. The van der Waals surface area contributed by atoms with E-state index in [0.717, 1.165) is 60.5 Å². The highest BCUT2D eigenvalue weighted by Crippen LogP contribution is 2.34. The van der Waals surface area contributed by atoms with Gasteiger partial charge in [0, 0.05) is 17.5 Å². The number of amides is 1. The number of halogens is 1. The molecule has 24 heavy (non-hydrogen) atoms. The first-order valence-corrected chi connectivity index (χ1v) is 9.89. The molecule has 1 aromatic carbocycles. The molecule has 1 atom stereocenters. The summed E-state index contributed by atoms with van der Waals surface area (Å²) in [5.41, 5.74) is 0.899. The second kappa shape index (κ2) is 6.98. The SMILES string of the molecule is O=C(C1CCCC1)N(C[C@@H]1CCCO1)c1nc2ccc(Cl)cc2s1. The number of rotatable bonds is 4. The van der Waals surface area contributed by atoms with Gasteiger partial charge in [0.2, 0.25) is 5.91 Å². The molecule has 2 aromatic rings. The predicted molar refractivity (Wildman–Crippen MR) is 97.9 cm³/mol. The van der Waals surface area contributed by atoms with E-state index in [0.29, 0.717) is 11.6 Å². The van der Waals surface area contributed by atoms with E-state index < -0.39 is 0 Å². The minimum atomic E-state index is 0.131. The summed E-state index contributed by atoms with van der Waals surface area (Å²) >= 11 is 7.63. The van der Waals surface area contributed by atoms with Gasteiger partial charge in [-0.15, -0.1) is 0 Å². The molecule has 4 rings (SSSR count). The lowest BCUT2D eigenvalue weighted by atomic mass is 10.1. The third kappa shape index (κ3) is 3.30. The van der Waals surface area contributed by atoms with E-state index >= 15 is 0 Å². The third-order valence-corrected chi connectivity index (χ3v) is 6.23. The van der Waals surface area contributed by atoms with Gasteiger partial charge in [0.25, 0.3) is 0 Å². The summed E-state index contributed by atoms with van der Waals surface area (Å²) < 4.78 is 6.80. The van der Waals surface area contributed by atoms with Crippen LogP contribution in [-0.2, 0) is 9.53 Å². The normalized spacial score (nSPS) is 21.6. The minimum Gasteiger partial charge on any atom is -0.376 e. The molecule has 2 fully saturated rings. The van der Waals surface area contributed by atoms with Crippen LogP contribution in [0, 0.1) is 5.92 Å². The molecule has 0 unspecified atom stereocenters. The fraction of sp³-hybridized carbons (Fsp3) is 0.556. The molecule has 0 spiro atoms. The molecule has 128 valence electrons. The first-order chi connectivity index (χ1) is 11.7. The summed E-state index contributed by atoms with van der Waals surface area (Å²) in [6, 6.07) is 5.68. The number of thiazole rings is 1. The molecule has 6 heteroatoms. The average Bonchev–Trinajstić information content (AvgIpc) is 3.31. The zero-order chi connectivity index (χ0) is 16.5. The lowest BCUT2D eigenvalue weighted by Gasteiger charge is -2.25. The molecule has 0 N–H and O–H groups in total. The quantitative estimate of drug-likeness (QED) is 0.792. The highest BCUT2D eigenvalue weighted by molar-refractivity contribution is 7.22. The van der Waals surface area contributed by atoms with Gasteiger partial charge in [0.05, 0.1) is 22.9 Å². The molecular formula is C18H21ClN2O2S. The summed E-state index contributed by atoms with van der Waals surface area (Å²) in [6.07, 6.45) is 6.52. The Morgan fingerprint density at radius 2 is 2.12 bits per heavy atom. The molecule has 4 nitrogen and oxygen atoms in total. The second-order valence-electron chi connectivity index (χ2n) is 6.67. The standard InChI is InChI=1S/C18H21ClN2O2S/c19-13-7-8-15-16(10-13)24-18(20-15)21(11-14-6-3-9-23-14)17(22)12-4-1-2-5-12/h7-8,10,12,14H,1-6,9,11H2/t14-/m0/s1. The number of ether oxygens (including phenoxy) is 1.